The van der Waals surface area contributed by atoms with Crippen molar-refractivity contribution in [2.45, 2.75) is 13.8 Å². The summed E-state index contributed by atoms with van der Waals surface area (Å²) in [5, 5.41) is 0. The quantitative estimate of drug-likeness (QED) is 0.652. The van der Waals surface area contributed by atoms with Gasteiger partial charge in [0, 0.05) is 0 Å². The standard InChI is InChI=1S/C6H12N2O.BrH/c1-4(2)3-5(7)6(8)9;/h3-4H,7H2,1-2H3,(H2,8,9);1H. The zero-order valence-corrected chi connectivity index (χ0v) is 7.84. The molecule has 0 aliphatic heterocycles. The zero-order chi connectivity index (χ0) is 7.44. The molecule has 0 aliphatic carbocycles. The van der Waals surface area contributed by atoms with Crippen LogP contribution in [0, 0.1) is 5.92 Å². The van der Waals surface area contributed by atoms with Gasteiger partial charge < -0.3 is 11.5 Å². The van der Waals surface area contributed by atoms with Crippen molar-refractivity contribution in [2.75, 3.05) is 0 Å². The first-order valence-corrected chi connectivity index (χ1v) is 2.81. The Bertz CT molecular complexity index is 143. The third kappa shape index (κ3) is 5.62. The molecule has 3 nitrogen and oxygen atoms in total. The van der Waals surface area contributed by atoms with E-state index in [2.05, 4.69) is 0 Å². The number of halogens is 1. The van der Waals surface area contributed by atoms with Crippen LogP contribution >= 0.6 is 17.0 Å². The van der Waals surface area contributed by atoms with Gasteiger partial charge >= 0.3 is 0 Å². The van der Waals surface area contributed by atoms with Crippen LogP contribution in [0.1, 0.15) is 13.8 Å². The smallest absolute Gasteiger partial charge is 0.264 e. The summed E-state index contributed by atoms with van der Waals surface area (Å²) in [6.07, 6.45) is 1.63. The van der Waals surface area contributed by atoms with E-state index >= 15 is 0 Å². The number of allylic oxidation sites excluding steroid dienone is 1. The summed E-state index contributed by atoms with van der Waals surface area (Å²) in [7, 11) is 0. The molecule has 60 valence electrons. The summed E-state index contributed by atoms with van der Waals surface area (Å²) in [6.45, 7) is 3.85. The molecule has 0 bridgehead atoms. The van der Waals surface area contributed by atoms with Gasteiger partial charge in [-0.3, -0.25) is 4.79 Å². The maximum atomic E-state index is 10.3. The lowest BCUT2D eigenvalue weighted by molar-refractivity contribution is -0.114. The lowest BCUT2D eigenvalue weighted by Crippen LogP contribution is -2.20. The van der Waals surface area contributed by atoms with E-state index in [-0.39, 0.29) is 28.6 Å². The van der Waals surface area contributed by atoms with Crippen LogP contribution in [0.4, 0.5) is 0 Å². The third-order valence-electron chi connectivity index (χ3n) is 0.797. The highest BCUT2D eigenvalue weighted by atomic mass is 79.9. The molecule has 0 saturated carbocycles. The number of hydrogen-bond donors (Lipinski definition) is 2. The highest BCUT2D eigenvalue weighted by Gasteiger charge is 1.97. The van der Waals surface area contributed by atoms with Crippen LogP contribution in [-0.4, -0.2) is 5.91 Å². The largest absolute Gasteiger partial charge is 0.395 e. The van der Waals surface area contributed by atoms with E-state index in [1.165, 1.54) is 0 Å². The van der Waals surface area contributed by atoms with E-state index in [9.17, 15) is 4.79 Å². The second-order valence-electron chi connectivity index (χ2n) is 2.23. The Labute approximate surface area is 71.2 Å². The van der Waals surface area contributed by atoms with Crippen LogP contribution in [0.15, 0.2) is 11.8 Å². The van der Waals surface area contributed by atoms with Crippen molar-refractivity contribution in [1.29, 1.82) is 0 Å². The topological polar surface area (TPSA) is 69.1 Å². The van der Waals surface area contributed by atoms with Gasteiger partial charge in [-0.15, -0.1) is 17.0 Å². The first kappa shape index (κ1) is 12.2. The number of carbonyl (C=O) groups excluding carboxylic acids is 1. The maximum Gasteiger partial charge on any atom is 0.264 e. The van der Waals surface area contributed by atoms with E-state index in [1.54, 1.807) is 6.08 Å². The summed E-state index contributed by atoms with van der Waals surface area (Å²) < 4.78 is 0. The van der Waals surface area contributed by atoms with Crippen LogP contribution in [0.2, 0.25) is 0 Å². The van der Waals surface area contributed by atoms with E-state index in [1.807, 2.05) is 13.8 Å². The van der Waals surface area contributed by atoms with E-state index in [4.69, 9.17) is 11.5 Å². The van der Waals surface area contributed by atoms with Crippen molar-refractivity contribution in [3.05, 3.63) is 11.8 Å². The normalized spacial score (nSPS) is 10.9. The van der Waals surface area contributed by atoms with Gasteiger partial charge in [-0.05, 0) is 5.92 Å². The number of primary amides is 1. The molecule has 0 spiro atoms. The molecule has 0 atom stereocenters. The molecule has 0 rings (SSSR count). The minimum absolute atomic E-state index is 0. The highest BCUT2D eigenvalue weighted by Crippen LogP contribution is 1.95. The van der Waals surface area contributed by atoms with Gasteiger partial charge in [0.1, 0.15) is 0 Å². The van der Waals surface area contributed by atoms with E-state index in [0.717, 1.165) is 0 Å². The van der Waals surface area contributed by atoms with Gasteiger partial charge in [0.05, 0.1) is 5.70 Å². The van der Waals surface area contributed by atoms with Crippen molar-refractivity contribution in [1.82, 2.24) is 0 Å². The zero-order valence-electron chi connectivity index (χ0n) is 6.13. The second-order valence-corrected chi connectivity index (χ2v) is 2.23. The lowest BCUT2D eigenvalue weighted by atomic mass is 10.2. The minimum Gasteiger partial charge on any atom is -0.395 e. The van der Waals surface area contributed by atoms with Crippen LogP contribution < -0.4 is 11.5 Å². The Morgan fingerprint density at radius 2 is 1.80 bits per heavy atom. The highest BCUT2D eigenvalue weighted by molar-refractivity contribution is 8.93. The van der Waals surface area contributed by atoms with Gasteiger partial charge in [0.25, 0.3) is 5.91 Å². The number of hydrogen-bond acceptors (Lipinski definition) is 2. The van der Waals surface area contributed by atoms with Crippen molar-refractivity contribution in [3.8, 4) is 0 Å². The Morgan fingerprint density at radius 1 is 1.40 bits per heavy atom. The van der Waals surface area contributed by atoms with Crippen molar-refractivity contribution < 1.29 is 4.79 Å². The molecule has 0 radical (unpaired) electrons. The molecule has 0 heterocycles. The molecule has 0 aromatic heterocycles. The molecule has 10 heavy (non-hydrogen) atoms. The van der Waals surface area contributed by atoms with Crippen molar-refractivity contribution in [2.24, 2.45) is 17.4 Å². The minimum atomic E-state index is -0.552. The fraction of sp³-hybridized carbons (Fsp3) is 0.500. The molecule has 0 unspecified atom stereocenters. The average Bonchev–Trinajstić information content (AvgIpc) is 1.63. The first-order valence-electron chi connectivity index (χ1n) is 2.81. The summed E-state index contributed by atoms with van der Waals surface area (Å²) in [5.41, 5.74) is 10.2. The average molecular weight is 209 g/mol. The fourth-order valence-electron chi connectivity index (χ4n) is 0.441. The predicted molar refractivity (Wildman–Crippen MR) is 46.6 cm³/mol. The number of rotatable bonds is 2. The first-order chi connectivity index (χ1) is 4.04. The Hall–Kier alpha value is -0.510. The number of carbonyl (C=O) groups is 1. The molecule has 0 fully saturated rings. The van der Waals surface area contributed by atoms with Crippen LogP contribution in [0.25, 0.3) is 0 Å². The molecular weight excluding hydrogens is 196 g/mol. The second kappa shape index (κ2) is 5.29. The summed E-state index contributed by atoms with van der Waals surface area (Å²) >= 11 is 0. The molecule has 0 saturated heterocycles. The monoisotopic (exact) mass is 208 g/mol. The van der Waals surface area contributed by atoms with Gasteiger partial charge in [-0.2, -0.15) is 0 Å². The molecule has 4 heteroatoms. The summed E-state index contributed by atoms with van der Waals surface area (Å²) in [6, 6.07) is 0. The summed E-state index contributed by atoms with van der Waals surface area (Å²) in [5.74, 6) is -0.277. The van der Waals surface area contributed by atoms with E-state index in [0.29, 0.717) is 0 Å². The molecular formula is C6H13BrN2O. The van der Waals surface area contributed by atoms with Gasteiger partial charge in [-0.25, -0.2) is 0 Å². The maximum absolute atomic E-state index is 10.3. The SMILES string of the molecule is Br.CC(C)C=C(N)C(N)=O. The predicted octanol–water partition coefficient (Wildman–Crippen LogP) is 0.548. The van der Waals surface area contributed by atoms with Gasteiger partial charge in [0.15, 0.2) is 0 Å². The van der Waals surface area contributed by atoms with E-state index < -0.39 is 5.91 Å². The third-order valence-corrected chi connectivity index (χ3v) is 0.797. The Balaban J connectivity index is 0. The van der Waals surface area contributed by atoms with Gasteiger partial charge in [0.2, 0.25) is 0 Å². The molecule has 4 N–H and O–H groups in total. The molecule has 0 aromatic rings. The molecule has 1 amide bonds. The Kier molecular flexibility index (Phi) is 6.45. The number of nitrogens with two attached hydrogens (primary N) is 2. The van der Waals surface area contributed by atoms with Crippen LogP contribution in [-0.2, 0) is 4.79 Å². The van der Waals surface area contributed by atoms with Crippen LogP contribution in [0.5, 0.6) is 0 Å². The molecule has 0 aromatic carbocycles. The van der Waals surface area contributed by atoms with Gasteiger partial charge in [-0.1, -0.05) is 19.9 Å². The lowest BCUT2D eigenvalue weighted by Gasteiger charge is -1.96. The number of amides is 1. The molecule has 0 aliphatic rings. The van der Waals surface area contributed by atoms with Crippen molar-refractivity contribution >= 4 is 22.9 Å². The summed E-state index contributed by atoms with van der Waals surface area (Å²) in [4.78, 5) is 10.3. The Morgan fingerprint density at radius 3 is 1.90 bits per heavy atom. The fourth-order valence-corrected chi connectivity index (χ4v) is 0.441. The van der Waals surface area contributed by atoms with Crippen LogP contribution in [0.3, 0.4) is 0 Å². The van der Waals surface area contributed by atoms with Crippen molar-refractivity contribution in [3.63, 3.8) is 0 Å².